The molecule has 2 N–H and O–H groups in total. The Balaban J connectivity index is 2.12. The fraction of sp³-hybridized carbons (Fsp3) is 0.933. The van der Waals surface area contributed by atoms with Crippen molar-refractivity contribution in [1.82, 2.24) is 10.6 Å². The van der Waals surface area contributed by atoms with Crippen molar-refractivity contribution in [3.05, 3.63) is 0 Å². The van der Waals surface area contributed by atoms with Crippen LogP contribution in [-0.4, -0.2) is 36.7 Å². The van der Waals surface area contributed by atoms with Gasteiger partial charge >= 0.3 is 0 Å². The molecule has 1 unspecified atom stereocenters. The third-order valence-corrected chi connectivity index (χ3v) is 3.95. The van der Waals surface area contributed by atoms with Gasteiger partial charge in [0.1, 0.15) is 0 Å². The summed E-state index contributed by atoms with van der Waals surface area (Å²) in [6.45, 7) is 9.49. The molecule has 0 bridgehead atoms. The van der Waals surface area contributed by atoms with Gasteiger partial charge < -0.3 is 15.4 Å². The molecule has 0 aliphatic heterocycles. The van der Waals surface area contributed by atoms with Gasteiger partial charge in [-0.15, -0.1) is 0 Å². The molecule has 4 heteroatoms. The average Bonchev–Trinajstić information content (AvgIpc) is 2.87. The molecule has 4 nitrogen and oxygen atoms in total. The Kier molecular flexibility index (Phi) is 6.80. The van der Waals surface area contributed by atoms with E-state index in [1.807, 2.05) is 20.8 Å². The van der Waals surface area contributed by atoms with Crippen molar-refractivity contribution in [1.29, 1.82) is 0 Å². The second kappa shape index (κ2) is 7.85. The van der Waals surface area contributed by atoms with E-state index in [0.29, 0.717) is 12.7 Å². The van der Waals surface area contributed by atoms with Gasteiger partial charge in [-0.3, -0.25) is 4.79 Å². The zero-order valence-electron chi connectivity index (χ0n) is 12.9. The quantitative estimate of drug-likeness (QED) is 0.665. The molecule has 1 saturated carbocycles. The van der Waals surface area contributed by atoms with E-state index in [4.69, 9.17) is 4.74 Å². The van der Waals surface area contributed by atoms with Crippen LogP contribution in [0.25, 0.3) is 0 Å². The van der Waals surface area contributed by atoms with Crippen LogP contribution < -0.4 is 10.6 Å². The van der Waals surface area contributed by atoms with E-state index in [0.717, 1.165) is 13.0 Å². The first-order chi connectivity index (χ1) is 8.94. The lowest BCUT2D eigenvalue weighted by Gasteiger charge is -2.26. The first-order valence-corrected chi connectivity index (χ1v) is 7.61. The highest BCUT2D eigenvalue weighted by Crippen LogP contribution is 2.20. The van der Waals surface area contributed by atoms with Crippen LogP contribution >= 0.6 is 0 Å². The normalized spacial score (nSPS) is 18.5. The van der Waals surface area contributed by atoms with Crippen LogP contribution in [0.2, 0.25) is 0 Å². The number of carbonyl (C=O) groups excluding carboxylic acids is 1. The predicted octanol–water partition coefficient (Wildman–Crippen LogP) is 2.23. The van der Waals surface area contributed by atoms with Crippen molar-refractivity contribution in [2.45, 2.75) is 77.5 Å². The number of rotatable bonds is 8. The Hall–Kier alpha value is -0.610. The molecular formula is C15H30N2O2. The molecular weight excluding hydrogens is 240 g/mol. The third kappa shape index (κ3) is 6.39. The molecule has 112 valence electrons. The second-order valence-corrected chi connectivity index (χ2v) is 6.18. The highest BCUT2D eigenvalue weighted by Gasteiger charge is 2.21. The smallest absolute Gasteiger partial charge is 0.237 e. The summed E-state index contributed by atoms with van der Waals surface area (Å²) in [4.78, 5) is 12.0. The van der Waals surface area contributed by atoms with Crippen molar-refractivity contribution in [3.8, 4) is 0 Å². The van der Waals surface area contributed by atoms with Crippen LogP contribution in [0.4, 0.5) is 0 Å². The molecule has 0 aromatic heterocycles. The lowest BCUT2D eigenvalue weighted by Crippen LogP contribution is -2.51. The summed E-state index contributed by atoms with van der Waals surface area (Å²) in [7, 11) is 0. The number of nitrogens with one attached hydrogen (secondary N) is 2. The Morgan fingerprint density at radius 1 is 1.37 bits per heavy atom. The minimum atomic E-state index is -0.169. The van der Waals surface area contributed by atoms with Crippen LogP contribution in [0.3, 0.4) is 0 Å². The van der Waals surface area contributed by atoms with Crippen molar-refractivity contribution in [2.75, 3.05) is 13.2 Å². The summed E-state index contributed by atoms with van der Waals surface area (Å²) in [5.74, 6) is 0.0627. The predicted molar refractivity (Wildman–Crippen MR) is 78.2 cm³/mol. The first kappa shape index (κ1) is 16.4. The van der Waals surface area contributed by atoms with Gasteiger partial charge in [0, 0.05) is 12.1 Å². The number of ether oxygens (including phenoxy) is 1. The summed E-state index contributed by atoms with van der Waals surface area (Å²) in [6, 6.07) is -0.169. The summed E-state index contributed by atoms with van der Waals surface area (Å²) in [5.41, 5.74) is -0.132. The van der Waals surface area contributed by atoms with Crippen molar-refractivity contribution < 1.29 is 9.53 Å². The van der Waals surface area contributed by atoms with Crippen LogP contribution in [0, 0.1) is 0 Å². The van der Waals surface area contributed by atoms with E-state index >= 15 is 0 Å². The molecule has 1 fully saturated rings. The second-order valence-electron chi connectivity index (χ2n) is 6.18. The topological polar surface area (TPSA) is 50.4 Å². The van der Waals surface area contributed by atoms with Gasteiger partial charge in [0.15, 0.2) is 0 Å². The zero-order valence-corrected chi connectivity index (χ0v) is 12.9. The molecule has 1 rings (SSSR count). The van der Waals surface area contributed by atoms with Gasteiger partial charge in [0.2, 0.25) is 5.91 Å². The van der Waals surface area contributed by atoms with Gasteiger partial charge in [0.25, 0.3) is 0 Å². The van der Waals surface area contributed by atoms with Gasteiger partial charge in [-0.1, -0.05) is 19.8 Å². The molecule has 0 spiro atoms. The Morgan fingerprint density at radius 2 is 2.00 bits per heavy atom. The summed E-state index contributed by atoms with van der Waals surface area (Å²) in [5, 5.41) is 6.26. The highest BCUT2D eigenvalue weighted by atomic mass is 16.5. The van der Waals surface area contributed by atoms with E-state index in [-0.39, 0.29) is 17.5 Å². The first-order valence-electron chi connectivity index (χ1n) is 7.61. The molecule has 0 radical (unpaired) electrons. The van der Waals surface area contributed by atoms with Gasteiger partial charge in [-0.2, -0.15) is 0 Å². The van der Waals surface area contributed by atoms with Crippen LogP contribution in [0.5, 0.6) is 0 Å². The Morgan fingerprint density at radius 3 is 2.58 bits per heavy atom. The Labute approximate surface area is 117 Å². The minimum Gasteiger partial charge on any atom is -0.377 e. The van der Waals surface area contributed by atoms with Gasteiger partial charge in [-0.25, -0.2) is 0 Å². The summed E-state index contributed by atoms with van der Waals surface area (Å²) < 4.78 is 5.76. The Bertz CT molecular complexity index is 273. The number of carbonyl (C=O) groups is 1. The van der Waals surface area contributed by atoms with Crippen LogP contribution in [-0.2, 0) is 9.53 Å². The highest BCUT2D eigenvalue weighted by molar-refractivity contribution is 5.81. The average molecular weight is 270 g/mol. The van der Waals surface area contributed by atoms with Crippen LogP contribution in [0.15, 0.2) is 0 Å². The largest absolute Gasteiger partial charge is 0.377 e. The summed E-state index contributed by atoms with van der Waals surface area (Å²) >= 11 is 0. The van der Waals surface area contributed by atoms with Gasteiger partial charge in [0.05, 0.1) is 18.8 Å². The third-order valence-electron chi connectivity index (χ3n) is 3.95. The minimum absolute atomic E-state index is 0.0627. The van der Waals surface area contributed by atoms with E-state index in [1.54, 1.807) is 0 Å². The monoisotopic (exact) mass is 270 g/mol. The van der Waals surface area contributed by atoms with E-state index in [2.05, 4.69) is 17.6 Å². The molecule has 1 aliphatic rings. The molecule has 1 amide bonds. The van der Waals surface area contributed by atoms with Crippen LogP contribution in [0.1, 0.15) is 59.8 Å². The molecule has 0 aromatic rings. The van der Waals surface area contributed by atoms with Crippen molar-refractivity contribution in [3.63, 3.8) is 0 Å². The maximum absolute atomic E-state index is 12.0. The molecule has 19 heavy (non-hydrogen) atoms. The lowest BCUT2D eigenvalue weighted by atomic mass is 10.0. The maximum Gasteiger partial charge on any atom is 0.237 e. The summed E-state index contributed by atoms with van der Waals surface area (Å²) in [6.07, 6.45) is 6.36. The number of hydrogen-bond acceptors (Lipinski definition) is 3. The maximum atomic E-state index is 12.0. The molecule has 1 aliphatic carbocycles. The standard InChI is InChI=1S/C15H30N2O2/c1-5-15(3,4)17-14(18)12(2)16-10-11-19-13-8-6-7-9-13/h12-13,16H,5-11H2,1-4H3,(H,17,18). The fourth-order valence-electron chi connectivity index (χ4n) is 2.18. The van der Waals surface area contributed by atoms with E-state index < -0.39 is 0 Å². The van der Waals surface area contributed by atoms with E-state index in [1.165, 1.54) is 25.7 Å². The molecule has 0 heterocycles. The molecule has 0 aromatic carbocycles. The van der Waals surface area contributed by atoms with Gasteiger partial charge in [-0.05, 0) is 40.0 Å². The van der Waals surface area contributed by atoms with Crippen molar-refractivity contribution in [2.24, 2.45) is 0 Å². The fourth-order valence-corrected chi connectivity index (χ4v) is 2.18. The zero-order chi connectivity index (χ0) is 14.3. The SMILES string of the molecule is CCC(C)(C)NC(=O)C(C)NCCOC1CCCC1. The number of amides is 1. The van der Waals surface area contributed by atoms with Crippen molar-refractivity contribution >= 4 is 5.91 Å². The molecule has 1 atom stereocenters. The number of hydrogen-bond donors (Lipinski definition) is 2. The van der Waals surface area contributed by atoms with E-state index in [9.17, 15) is 4.79 Å². The molecule has 0 saturated heterocycles. The lowest BCUT2D eigenvalue weighted by molar-refractivity contribution is -0.124.